The van der Waals surface area contributed by atoms with Crippen molar-refractivity contribution >= 4 is 32.6 Å². The van der Waals surface area contributed by atoms with Gasteiger partial charge in [0.15, 0.2) is 0 Å². The largest absolute Gasteiger partial charge is 0.508 e. The van der Waals surface area contributed by atoms with Crippen LogP contribution in [0.2, 0.25) is 0 Å². The van der Waals surface area contributed by atoms with Crippen molar-refractivity contribution in [1.82, 2.24) is 14.5 Å². The number of pyridine rings is 2. The molecule has 132 valence electrons. The van der Waals surface area contributed by atoms with Crippen LogP contribution < -0.4 is 0 Å². The van der Waals surface area contributed by atoms with E-state index < -0.39 is 0 Å². The van der Waals surface area contributed by atoms with E-state index in [1.807, 2.05) is 37.5 Å². The van der Waals surface area contributed by atoms with Gasteiger partial charge in [0.1, 0.15) is 5.75 Å². The second-order valence-corrected chi connectivity index (χ2v) is 7.13. The number of phenolic OH excluding ortho intramolecular Hbond substituents is 1. The SMILES string of the molecule is Cc1ccc(-c2nccc3c(C)c4c(cc23)c2cc(O)ccc2n4C)nc1. The summed E-state index contributed by atoms with van der Waals surface area (Å²) in [4.78, 5) is 9.22. The minimum atomic E-state index is 0.277. The van der Waals surface area contributed by atoms with Gasteiger partial charge in [-0.05, 0) is 66.8 Å². The van der Waals surface area contributed by atoms with Gasteiger partial charge in [-0.1, -0.05) is 6.07 Å². The van der Waals surface area contributed by atoms with Gasteiger partial charge in [0.25, 0.3) is 0 Å². The fourth-order valence-corrected chi connectivity index (χ4v) is 4.09. The number of fused-ring (bicyclic) bond motifs is 4. The number of hydrogen-bond donors (Lipinski definition) is 1. The zero-order valence-corrected chi connectivity index (χ0v) is 15.5. The molecule has 4 nitrogen and oxygen atoms in total. The highest BCUT2D eigenvalue weighted by molar-refractivity contribution is 6.16. The predicted octanol–water partition coefficient (Wildman–Crippen LogP) is 5.26. The number of aromatic nitrogens is 3. The van der Waals surface area contributed by atoms with Gasteiger partial charge in [-0.15, -0.1) is 0 Å². The van der Waals surface area contributed by atoms with Gasteiger partial charge in [0, 0.05) is 41.1 Å². The minimum Gasteiger partial charge on any atom is -0.508 e. The van der Waals surface area contributed by atoms with Crippen LogP contribution in [0.5, 0.6) is 5.75 Å². The Morgan fingerprint density at radius 1 is 0.852 bits per heavy atom. The van der Waals surface area contributed by atoms with Crippen LogP contribution >= 0.6 is 0 Å². The second-order valence-electron chi connectivity index (χ2n) is 7.13. The van der Waals surface area contributed by atoms with Gasteiger partial charge in [0.2, 0.25) is 0 Å². The van der Waals surface area contributed by atoms with Crippen molar-refractivity contribution in [1.29, 1.82) is 0 Å². The molecular formula is C23H19N3O. The number of aromatic hydroxyl groups is 1. The standard InChI is InChI=1S/C23H19N3O/c1-13-4-6-20(25-12-13)22-18-11-19-17-10-15(27)5-7-21(17)26(3)23(19)14(2)16(18)8-9-24-22/h4-12,27H,1-3H3. The average molecular weight is 353 g/mol. The van der Waals surface area contributed by atoms with E-state index in [1.165, 1.54) is 16.5 Å². The highest BCUT2D eigenvalue weighted by Gasteiger charge is 2.16. The number of phenols is 1. The van der Waals surface area contributed by atoms with E-state index in [1.54, 1.807) is 6.07 Å². The first-order chi connectivity index (χ1) is 13.0. The highest BCUT2D eigenvalue weighted by Crippen LogP contribution is 2.38. The Kier molecular flexibility index (Phi) is 3.25. The van der Waals surface area contributed by atoms with Crippen LogP contribution in [-0.2, 0) is 7.05 Å². The fourth-order valence-electron chi connectivity index (χ4n) is 4.09. The Morgan fingerprint density at radius 2 is 1.70 bits per heavy atom. The molecule has 0 amide bonds. The maximum Gasteiger partial charge on any atom is 0.116 e. The zero-order valence-electron chi connectivity index (χ0n) is 15.5. The quantitative estimate of drug-likeness (QED) is 0.447. The Hall–Kier alpha value is -3.40. The Bertz CT molecular complexity index is 1350. The highest BCUT2D eigenvalue weighted by atomic mass is 16.3. The lowest BCUT2D eigenvalue weighted by Crippen LogP contribution is -1.94. The van der Waals surface area contributed by atoms with Crippen LogP contribution in [-0.4, -0.2) is 19.6 Å². The van der Waals surface area contributed by atoms with Crippen molar-refractivity contribution in [3.8, 4) is 17.1 Å². The number of benzene rings is 2. The van der Waals surface area contributed by atoms with Crippen molar-refractivity contribution in [2.24, 2.45) is 7.05 Å². The maximum atomic E-state index is 10.0. The van der Waals surface area contributed by atoms with Crippen molar-refractivity contribution in [2.75, 3.05) is 0 Å². The summed E-state index contributed by atoms with van der Waals surface area (Å²) in [7, 11) is 2.07. The lowest BCUT2D eigenvalue weighted by molar-refractivity contribution is 0.476. The summed E-state index contributed by atoms with van der Waals surface area (Å²) in [6, 6.07) is 13.9. The van der Waals surface area contributed by atoms with Gasteiger partial charge >= 0.3 is 0 Å². The number of nitrogens with zero attached hydrogens (tertiary/aromatic N) is 3. The van der Waals surface area contributed by atoms with Gasteiger partial charge in [0.05, 0.1) is 16.9 Å². The fraction of sp³-hybridized carbons (Fsp3) is 0.130. The molecule has 4 heteroatoms. The predicted molar refractivity (Wildman–Crippen MR) is 110 cm³/mol. The van der Waals surface area contributed by atoms with Crippen LogP contribution in [0.25, 0.3) is 44.0 Å². The Balaban J connectivity index is 1.96. The normalized spacial score (nSPS) is 11.7. The van der Waals surface area contributed by atoms with Gasteiger partial charge < -0.3 is 9.67 Å². The lowest BCUT2D eigenvalue weighted by atomic mass is 9.99. The summed E-state index contributed by atoms with van der Waals surface area (Å²) in [6.45, 7) is 4.18. The molecule has 0 fully saturated rings. The van der Waals surface area contributed by atoms with E-state index in [4.69, 9.17) is 0 Å². The maximum absolute atomic E-state index is 10.0. The monoisotopic (exact) mass is 353 g/mol. The molecule has 0 bridgehead atoms. The lowest BCUT2D eigenvalue weighted by Gasteiger charge is -2.10. The molecule has 27 heavy (non-hydrogen) atoms. The number of rotatable bonds is 1. The van der Waals surface area contributed by atoms with E-state index in [0.29, 0.717) is 0 Å². The van der Waals surface area contributed by atoms with Crippen molar-refractivity contribution in [2.45, 2.75) is 13.8 Å². The van der Waals surface area contributed by atoms with Crippen LogP contribution in [0.15, 0.2) is 54.9 Å². The molecule has 0 saturated heterocycles. The molecule has 5 aromatic rings. The summed E-state index contributed by atoms with van der Waals surface area (Å²) >= 11 is 0. The molecular weight excluding hydrogens is 334 g/mol. The molecule has 0 unspecified atom stereocenters. The van der Waals surface area contributed by atoms with E-state index in [0.717, 1.165) is 38.6 Å². The van der Waals surface area contributed by atoms with Gasteiger partial charge in [-0.25, -0.2) is 0 Å². The Labute approximate surface area is 156 Å². The van der Waals surface area contributed by atoms with Crippen molar-refractivity contribution in [3.05, 3.63) is 66.0 Å². The molecule has 3 heterocycles. The number of hydrogen-bond acceptors (Lipinski definition) is 3. The summed E-state index contributed by atoms with van der Waals surface area (Å²) in [5.74, 6) is 0.277. The smallest absolute Gasteiger partial charge is 0.116 e. The van der Waals surface area contributed by atoms with E-state index in [9.17, 15) is 5.11 Å². The third kappa shape index (κ3) is 2.23. The first kappa shape index (κ1) is 15.8. The second kappa shape index (κ2) is 5.55. The van der Waals surface area contributed by atoms with Crippen LogP contribution in [0.4, 0.5) is 0 Å². The first-order valence-corrected chi connectivity index (χ1v) is 8.97. The molecule has 2 aromatic carbocycles. The molecule has 3 aromatic heterocycles. The molecule has 5 rings (SSSR count). The number of aryl methyl sites for hydroxylation is 3. The Morgan fingerprint density at radius 3 is 2.48 bits per heavy atom. The van der Waals surface area contributed by atoms with E-state index in [2.05, 4.69) is 46.7 Å². The third-order valence-electron chi connectivity index (χ3n) is 5.41. The minimum absolute atomic E-state index is 0.277. The van der Waals surface area contributed by atoms with E-state index in [-0.39, 0.29) is 5.75 Å². The molecule has 0 aliphatic rings. The van der Waals surface area contributed by atoms with Gasteiger partial charge in [-0.3, -0.25) is 9.97 Å². The van der Waals surface area contributed by atoms with E-state index >= 15 is 0 Å². The van der Waals surface area contributed by atoms with Crippen LogP contribution in [0.1, 0.15) is 11.1 Å². The summed E-state index contributed by atoms with van der Waals surface area (Å²) in [6.07, 6.45) is 3.73. The average Bonchev–Trinajstić information content (AvgIpc) is 2.94. The molecule has 1 N–H and O–H groups in total. The van der Waals surface area contributed by atoms with Crippen molar-refractivity contribution < 1.29 is 5.11 Å². The zero-order chi connectivity index (χ0) is 18.7. The summed E-state index contributed by atoms with van der Waals surface area (Å²) in [5, 5.41) is 14.4. The summed E-state index contributed by atoms with van der Waals surface area (Å²) in [5.41, 5.74) is 6.36. The molecule has 0 aliphatic carbocycles. The molecule has 0 atom stereocenters. The summed E-state index contributed by atoms with van der Waals surface area (Å²) < 4.78 is 2.20. The van der Waals surface area contributed by atoms with Crippen molar-refractivity contribution in [3.63, 3.8) is 0 Å². The van der Waals surface area contributed by atoms with Gasteiger partial charge in [-0.2, -0.15) is 0 Å². The molecule has 0 aliphatic heterocycles. The topological polar surface area (TPSA) is 50.9 Å². The first-order valence-electron chi connectivity index (χ1n) is 8.97. The molecule has 0 saturated carbocycles. The molecule has 0 radical (unpaired) electrons. The molecule has 0 spiro atoms. The van der Waals surface area contributed by atoms with Crippen LogP contribution in [0, 0.1) is 13.8 Å². The third-order valence-corrected chi connectivity index (χ3v) is 5.41. The van der Waals surface area contributed by atoms with Crippen LogP contribution in [0.3, 0.4) is 0 Å².